The first-order valence-corrected chi connectivity index (χ1v) is 10.3. The highest BCUT2D eigenvalue weighted by molar-refractivity contribution is 7.81. The number of phenols is 2. The van der Waals surface area contributed by atoms with Gasteiger partial charge in [-0.25, -0.2) is 4.79 Å². The molecule has 31 heavy (non-hydrogen) atoms. The van der Waals surface area contributed by atoms with E-state index in [0.29, 0.717) is 11.1 Å². The lowest BCUT2D eigenvalue weighted by Gasteiger charge is -2.38. The van der Waals surface area contributed by atoms with Gasteiger partial charge in [-0.05, 0) is 43.0 Å². The topological polar surface area (TPSA) is 141 Å². The predicted molar refractivity (Wildman–Crippen MR) is 116 cm³/mol. The minimum atomic E-state index is -2.13. The number of aromatic hydroxyl groups is 2. The third-order valence-electron chi connectivity index (χ3n) is 5.69. The number of aliphatic carboxylic acids is 1. The molecule has 1 amide bonds. The van der Waals surface area contributed by atoms with E-state index in [1.54, 1.807) is 30.3 Å². The summed E-state index contributed by atoms with van der Waals surface area (Å²) in [5.41, 5.74) is 4.45. The van der Waals surface area contributed by atoms with E-state index in [0.717, 1.165) is 4.90 Å². The number of thiol groups is 1. The molecule has 1 fully saturated rings. The van der Waals surface area contributed by atoms with Crippen LogP contribution in [0, 0.1) is 0 Å². The molecule has 0 spiro atoms. The molecule has 8 nitrogen and oxygen atoms in total. The molecule has 1 aliphatic rings. The number of hydrogen-bond acceptors (Lipinski definition) is 7. The number of carbonyl (C=O) groups is 3. The Bertz CT molecular complexity index is 996. The average molecular weight is 445 g/mol. The molecular weight excluding hydrogens is 420 g/mol. The van der Waals surface area contributed by atoms with E-state index in [2.05, 4.69) is 12.6 Å². The van der Waals surface area contributed by atoms with E-state index in [1.807, 2.05) is 0 Å². The number of carboxylic acid groups (broad SMARTS) is 1. The van der Waals surface area contributed by atoms with Crippen molar-refractivity contribution in [1.82, 2.24) is 4.90 Å². The third kappa shape index (κ3) is 4.11. The predicted octanol–water partition coefficient (Wildman–Crippen LogP) is 1.65. The Hall–Kier alpha value is -3.04. The number of Topliss-reactive ketones (excluding diaryl/α,β-unsaturated/α-hetero) is 1. The van der Waals surface area contributed by atoms with Crippen molar-refractivity contribution in [3.8, 4) is 11.5 Å². The zero-order valence-electron chi connectivity index (χ0n) is 16.6. The highest BCUT2D eigenvalue weighted by Gasteiger charge is 2.59. The number of likely N-dealkylation sites (tertiary alicyclic amines) is 1. The molecule has 0 aromatic heterocycles. The molecule has 3 unspecified atom stereocenters. The highest BCUT2D eigenvalue weighted by Crippen LogP contribution is 2.46. The molecule has 2 aromatic rings. The second-order valence-corrected chi connectivity index (χ2v) is 8.12. The largest absolute Gasteiger partial charge is 0.508 e. The molecule has 0 aliphatic carbocycles. The first-order valence-electron chi connectivity index (χ1n) is 9.76. The normalized spacial score (nSPS) is 21.6. The summed E-state index contributed by atoms with van der Waals surface area (Å²) in [5.74, 6) is -2.91. The van der Waals surface area contributed by atoms with Gasteiger partial charge in [0.1, 0.15) is 11.5 Å². The summed E-state index contributed by atoms with van der Waals surface area (Å²) in [4.78, 5) is 39.6. The van der Waals surface area contributed by atoms with Crippen LogP contribution in [-0.4, -0.2) is 55.2 Å². The molecule has 9 heteroatoms. The maximum atomic E-state index is 13.5. The van der Waals surface area contributed by atoms with Crippen LogP contribution in [0.25, 0.3) is 0 Å². The van der Waals surface area contributed by atoms with Crippen LogP contribution in [0.2, 0.25) is 0 Å². The maximum Gasteiger partial charge on any atom is 0.337 e. The van der Waals surface area contributed by atoms with E-state index >= 15 is 0 Å². The van der Waals surface area contributed by atoms with E-state index in [9.17, 15) is 29.7 Å². The second kappa shape index (κ2) is 8.99. The first-order chi connectivity index (χ1) is 14.7. The lowest BCUT2D eigenvalue weighted by molar-refractivity contribution is -0.163. The van der Waals surface area contributed by atoms with Gasteiger partial charge in [0, 0.05) is 5.56 Å². The van der Waals surface area contributed by atoms with Crippen LogP contribution in [0.3, 0.4) is 0 Å². The van der Waals surface area contributed by atoms with Gasteiger partial charge in [0.25, 0.3) is 0 Å². The van der Waals surface area contributed by atoms with Crippen LogP contribution in [0.4, 0.5) is 0 Å². The van der Waals surface area contributed by atoms with Crippen molar-refractivity contribution in [2.75, 3.05) is 6.54 Å². The van der Waals surface area contributed by atoms with Gasteiger partial charge in [0.15, 0.2) is 5.78 Å². The fraction of sp³-hybridized carbons (Fsp3) is 0.318. The maximum absolute atomic E-state index is 13.5. The number of benzene rings is 2. The summed E-state index contributed by atoms with van der Waals surface area (Å²) in [6.07, 6.45) is 0.197. The SMILES string of the molecule is NCC(=O)C1(C(=O)O)CCC(c2ccccc2O)N1C(=O)C(S)Cc1ccc(O)cc1. The van der Waals surface area contributed by atoms with Gasteiger partial charge in [0.2, 0.25) is 11.4 Å². The van der Waals surface area contributed by atoms with Gasteiger partial charge in [-0.1, -0.05) is 30.3 Å². The zero-order valence-corrected chi connectivity index (χ0v) is 17.5. The van der Waals surface area contributed by atoms with Crippen molar-refractivity contribution in [2.45, 2.75) is 36.1 Å². The summed E-state index contributed by atoms with van der Waals surface area (Å²) < 4.78 is 0. The van der Waals surface area contributed by atoms with Gasteiger partial charge in [0.05, 0.1) is 17.8 Å². The van der Waals surface area contributed by atoms with E-state index < -0.39 is 41.0 Å². The first kappa shape index (κ1) is 22.6. The van der Waals surface area contributed by atoms with Gasteiger partial charge in [-0.3, -0.25) is 9.59 Å². The minimum Gasteiger partial charge on any atom is -0.508 e. The van der Waals surface area contributed by atoms with Crippen molar-refractivity contribution >= 4 is 30.3 Å². The second-order valence-electron chi connectivity index (χ2n) is 7.50. The van der Waals surface area contributed by atoms with Crippen molar-refractivity contribution in [3.63, 3.8) is 0 Å². The van der Waals surface area contributed by atoms with Crippen LogP contribution in [0.5, 0.6) is 11.5 Å². The average Bonchev–Trinajstić information content (AvgIpc) is 3.16. The number of ketones is 1. The smallest absolute Gasteiger partial charge is 0.337 e. The lowest BCUT2D eigenvalue weighted by atomic mass is 9.90. The number of nitrogens with zero attached hydrogens (tertiary/aromatic N) is 1. The number of para-hydroxylation sites is 1. The molecular formula is C22H24N2O6S. The van der Waals surface area contributed by atoms with Crippen LogP contribution in [0.1, 0.15) is 30.0 Å². The molecule has 0 saturated carbocycles. The van der Waals surface area contributed by atoms with Crippen molar-refractivity contribution < 1.29 is 29.7 Å². The van der Waals surface area contributed by atoms with Crippen molar-refractivity contribution in [3.05, 3.63) is 59.7 Å². The molecule has 2 aromatic carbocycles. The number of hydrogen-bond donors (Lipinski definition) is 5. The van der Waals surface area contributed by atoms with Crippen LogP contribution in [0.15, 0.2) is 48.5 Å². The lowest BCUT2D eigenvalue weighted by Crippen LogP contribution is -2.62. The Balaban J connectivity index is 2.04. The monoisotopic (exact) mass is 444 g/mol. The Labute approximate surface area is 184 Å². The number of rotatable bonds is 7. The van der Waals surface area contributed by atoms with Gasteiger partial charge >= 0.3 is 5.97 Å². The molecule has 1 heterocycles. The highest BCUT2D eigenvalue weighted by atomic mass is 32.1. The van der Waals surface area contributed by atoms with Gasteiger partial charge < -0.3 is 26.0 Å². The molecule has 0 bridgehead atoms. The Morgan fingerprint density at radius 3 is 2.35 bits per heavy atom. The minimum absolute atomic E-state index is 0.0726. The van der Waals surface area contributed by atoms with Crippen molar-refractivity contribution in [1.29, 1.82) is 0 Å². The summed E-state index contributed by atoms with van der Waals surface area (Å²) in [6.45, 7) is -0.543. The Kier molecular flexibility index (Phi) is 6.56. The molecule has 164 valence electrons. The van der Waals surface area contributed by atoms with E-state index in [4.69, 9.17) is 5.73 Å². The number of nitrogens with two attached hydrogens (primary N) is 1. The fourth-order valence-corrected chi connectivity index (χ4v) is 4.48. The number of phenolic OH excluding ortho intramolecular Hbond substituents is 2. The summed E-state index contributed by atoms with van der Waals surface area (Å²) in [6, 6.07) is 11.7. The molecule has 3 atom stereocenters. The molecule has 1 saturated heterocycles. The summed E-state index contributed by atoms with van der Waals surface area (Å²) in [5, 5.41) is 28.9. The van der Waals surface area contributed by atoms with E-state index in [1.165, 1.54) is 18.2 Å². The number of amides is 1. The van der Waals surface area contributed by atoms with Crippen LogP contribution in [-0.2, 0) is 20.8 Å². The third-order valence-corrected chi connectivity index (χ3v) is 6.09. The van der Waals surface area contributed by atoms with Crippen molar-refractivity contribution in [2.24, 2.45) is 5.73 Å². The molecule has 3 rings (SSSR count). The Morgan fingerprint density at radius 1 is 1.13 bits per heavy atom. The number of carbonyl (C=O) groups excluding carboxylic acids is 2. The Morgan fingerprint density at radius 2 is 1.77 bits per heavy atom. The molecule has 5 N–H and O–H groups in total. The quantitative estimate of drug-likeness (QED) is 0.323. The van der Waals surface area contributed by atoms with Crippen LogP contribution >= 0.6 is 12.6 Å². The fourth-order valence-electron chi connectivity index (χ4n) is 4.14. The zero-order chi connectivity index (χ0) is 22.8. The van der Waals surface area contributed by atoms with Crippen LogP contribution < -0.4 is 5.73 Å². The van der Waals surface area contributed by atoms with E-state index in [-0.39, 0.29) is 30.8 Å². The van der Waals surface area contributed by atoms with Gasteiger partial charge in [-0.2, -0.15) is 12.6 Å². The molecule has 0 radical (unpaired) electrons. The summed E-state index contributed by atoms with van der Waals surface area (Å²) >= 11 is 4.41. The number of carboxylic acids is 1. The van der Waals surface area contributed by atoms with Gasteiger partial charge in [-0.15, -0.1) is 0 Å². The molecule has 1 aliphatic heterocycles. The standard InChI is InChI=1S/C22H24N2O6S/c23-12-19(27)22(21(29)30)10-9-16(15-3-1-2-4-17(15)26)24(22)20(28)18(31)11-13-5-7-14(25)8-6-13/h1-8,16,18,25-26,31H,9-12,23H2,(H,29,30). The summed E-state index contributed by atoms with van der Waals surface area (Å²) in [7, 11) is 0.